The van der Waals surface area contributed by atoms with E-state index in [0.29, 0.717) is 17.5 Å². The molecule has 1 aromatic carbocycles. The smallest absolute Gasteiger partial charge is 0.417 e. The molecule has 0 spiro atoms. The molecule has 0 fully saturated rings. The van der Waals surface area contributed by atoms with Crippen LogP contribution in [0.25, 0.3) is 0 Å². The summed E-state index contributed by atoms with van der Waals surface area (Å²) in [6, 6.07) is 10.1. The lowest BCUT2D eigenvalue weighted by Gasteiger charge is -2.07. The van der Waals surface area contributed by atoms with E-state index in [9.17, 15) is 13.2 Å². The quantitative estimate of drug-likeness (QED) is 0.829. The lowest BCUT2D eigenvalue weighted by molar-refractivity contribution is -0.137. The molecule has 6 heteroatoms. The van der Waals surface area contributed by atoms with Crippen LogP contribution in [0.5, 0.6) is 11.6 Å². The summed E-state index contributed by atoms with van der Waals surface area (Å²) in [5, 5.41) is 8.62. The van der Waals surface area contributed by atoms with Gasteiger partial charge in [0.1, 0.15) is 5.75 Å². The molecule has 0 amide bonds. The molecule has 0 radical (unpaired) electrons. The zero-order valence-corrected chi connectivity index (χ0v) is 9.48. The van der Waals surface area contributed by atoms with E-state index in [2.05, 4.69) is 4.98 Å². The van der Waals surface area contributed by atoms with Gasteiger partial charge in [0, 0.05) is 12.3 Å². The van der Waals surface area contributed by atoms with Gasteiger partial charge in [0.2, 0.25) is 5.88 Å². The van der Waals surface area contributed by atoms with E-state index >= 15 is 0 Å². The number of hydrogen-bond acceptors (Lipinski definition) is 3. The molecule has 2 rings (SSSR count). The van der Waals surface area contributed by atoms with Crippen LogP contribution in [0.3, 0.4) is 0 Å². The minimum atomic E-state index is -4.42. The Kier molecular flexibility index (Phi) is 3.38. The maximum absolute atomic E-state index is 12.3. The van der Waals surface area contributed by atoms with Crippen molar-refractivity contribution in [3.05, 3.63) is 53.7 Å². The Hall–Kier alpha value is -2.55. The van der Waals surface area contributed by atoms with Crippen molar-refractivity contribution in [1.29, 1.82) is 5.26 Å². The lowest BCUT2D eigenvalue weighted by atomic mass is 10.2. The summed E-state index contributed by atoms with van der Waals surface area (Å²) in [6.45, 7) is 0. The molecule has 2 aromatic rings. The number of benzene rings is 1. The van der Waals surface area contributed by atoms with Crippen LogP contribution < -0.4 is 4.74 Å². The Balaban J connectivity index is 2.13. The van der Waals surface area contributed by atoms with Crippen molar-refractivity contribution in [1.82, 2.24) is 4.98 Å². The number of rotatable bonds is 2. The minimum Gasteiger partial charge on any atom is -0.439 e. The molecule has 0 atom stereocenters. The van der Waals surface area contributed by atoms with Crippen LogP contribution in [0.15, 0.2) is 42.6 Å². The fourth-order valence-electron chi connectivity index (χ4n) is 1.33. The Morgan fingerprint density at radius 3 is 2.21 bits per heavy atom. The van der Waals surface area contributed by atoms with E-state index in [0.717, 1.165) is 12.1 Å². The molecule has 0 aliphatic heterocycles. The number of halogens is 3. The predicted octanol–water partition coefficient (Wildman–Crippen LogP) is 3.76. The Morgan fingerprint density at radius 1 is 1.05 bits per heavy atom. The molecule has 0 N–H and O–H groups in total. The standard InChI is InChI=1S/C13H7F3N2O/c14-13(15,16)10-3-6-12(18-8-10)19-11-4-1-9(7-17)2-5-11/h1-6,8H. The lowest BCUT2D eigenvalue weighted by Crippen LogP contribution is -2.05. The van der Waals surface area contributed by atoms with Crippen LogP contribution in [0.4, 0.5) is 13.2 Å². The van der Waals surface area contributed by atoms with Gasteiger partial charge in [-0.05, 0) is 30.3 Å². The third kappa shape index (κ3) is 3.22. The van der Waals surface area contributed by atoms with Gasteiger partial charge >= 0.3 is 6.18 Å². The van der Waals surface area contributed by atoms with Gasteiger partial charge in [-0.15, -0.1) is 0 Å². The van der Waals surface area contributed by atoms with E-state index in [1.165, 1.54) is 12.1 Å². The van der Waals surface area contributed by atoms with Crippen molar-refractivity contribution >= 4 is 0 Å². The van der Waals surface area contributed by atoms with Crippen molar-refractivity contribution in [3.63, 3.8) is 0 Å². The van der Waals surface area contributed by atoms with Gasteiger partial charge in [-0.1, -0.05) is 0 Å². The maximum atomic E-state index is 12.3. The first-order chi connectivity index (χ1) is 8.99. The highest BCUT2D eigenvalue weighted by atomic mass is 19.4. The molecule has 0 aliphatic carbocycles. The van der Waals surface area contributed by atoms with Crippen LogP contribution >= 0.6 is 0 Å². The van der Waals surface area contributed by atoms with E-state index in [1.807, 2.05) is 6.07 Å². The molecule has 0 unspecified atom stereocenters. The number of nitrogens with zero attached hydrogens (tertiary/aromatic N) is 2. The van der Waals surface area contributed by atoms with Crippen molar-refractivity contribution in [2.24, 2.45) is 0 Å². The molecular formula is C13H7F3N2O. The van der Waals surface area contributed by atoms with Gasteiger partial charge in [-0.25, -0.2) is 4.98 Å². The molecule has 1 aromatic heterocycles. The van der Waals surface area contributed by atoms with Gasteiger partial charge in [0.05, 0.1) is 17.2 Å². The molecule has 3 nitrogen and oxygen atoms in total. The molecule has 0 saturated carbocycles. The third-order valence-corrected chi connectivity index (χ3v) is 2.27. The van der Waals surface area contributed by atoms with E-state index in [1.54, 1.807) is 12.1 Å². The van der Waals surface area contributed by atoms with Gasteiger partial charge in [-0.2, -0.15) is 18.4 Å². The summed E-state index contributed by atoms with van der Waals surface area (Å²) in [5.74, 6) is 0.448. The van der Waals surface area contributed by atoms with E-state index in [4.69, 9.17) is 10.00 Å². The molecular weight excluding hydrogens is 257 g/mol. The summed E-state index contributed by atoms with van der Waals surface area (Å²) < 4.78 is 42.2. The van der Waals surface area contributed by atoms with Crippen molar-refractivity contribution < 1.29 is 17.9 Å². The largest absolute Gasteiger partial charge is 0.439 e. The van der Waals surface area contributed by atoms with Crippen molar-refractivity contribution in [2.45, 2.75) is 6.18 Å². The number of pyridine rings is 1. The van der Waals surface area contributed by atoms with Gasteiger partial charge in [0.15, 0.2) is 0 Å². The zero-order valence-electron chi connectivity index (χ0n) is 9.48. The van der Waals surface area contributed by atoms with Gasteiger partial charge in [0.25, 0.3) is 0 Å². The molecule has 96 valence electrons. The maximum Gasteiger partial charge on any atom is 0.417 e. The second kappa shape index (κ2) is 4.98. The van der Waals surface area contributed by atoms with E-state index in [-0.39, 0.29) is 5.88 Å². The SMILES string of the molecule is N#Cc1ccc(Oc2ccc(C(F)(F)F)cn2)cc1. The minimum absolute atomic E-state index is 0.0534. The number of alkyl halides is 3. The topological polar surface area (TPSA) is 45.9 Å². The molecule has 0 aliphatic rings. The molecule has 19 heavy (non-hydrogen) atoms. The summed E-state index contributed by atoms with van der Waals surface area (Å²) in [5.41, 5.74) is -0.368. The highest BCUT2D eigenvalue weighted by molar-refractivity contribution is 5.36. The second-order valence-electron chi connectivity index (χ2n) is 3.62. The predicted molar refractivity (Wildman–Crippen MR) is 60.5 cm³/mol. The van der Waals surface area contributed by atoms with Crippen molar-refractivity contribution in [2.75, 3.05) is 0 Å². The first-order valence-corrected chi connectivity index (χ1v) is 5.20. The highest BCUT2D eigenvalue weighted by Crippen LogP contribution is 2.30. The first-order valence-electron chi connectivity index (χ1n) is 5.20. The van der Waals surface area contributed by atoms with Gasteiger partial charge < -0.3 is 4.74 Å². The Bertz CT molecular complexity index is 598. The number of aromatic nitrogens is 1. The fraction of sp³-hybridized carbons (Fsp3) is 0.0769. The zero-order chi connectivity index (χ0) is 13.9. The molecule has 1 heterocycles. The fourth-order valence-corrected chi connectivity index (χ4v) is 1.33. The highest BCUT2D eigenvalue weighted by Gasteiger charge is 2.30. The second-order valence-corrected chi connectivity index (χ2v) is 3.62. The van der Waals surface area contributed by atoms with E-state index < -0.39 is 11.7 Å². The Morgan fingerprint density at radius 2 is 1.74 bits per heavy atom. The third-order valence-electron chi connectivity index (χ3n) is 2.27. The van der Waals surface area contributed by atoms with Gasteiger partial charge in [-0.3, -0.25) is 0 Å². The average Bonchev–Trinajstić information content (AvgIpc) is 2.39. The number of nitriles is 1. The molecule has 0 saturated heterocycles. The number of ether oxygens (including phenoxy) is 1. The monoisotopic (exact) mass is 264 g/mol. The summed E-state index contributed by atoms with van der Waals surface area (Å²) in [7, 11) is 0. The molecule has 0 bridgehead atoms. The van der Waals surface area contributed by atoms with Crippen LogP contribution in [0.1, 0.15) is 11.1 Å². The van der Waals surface area contributed by atoms with Crippen LogP contribution in [0.2, 0.25) is 0 Å². The summed E-state index contributed by atoms with van der Waals surface area (Å²) in [6.07, 6.45) is -3.71. The first kappa shape index (κ1) is 12.9. The Labute approximate surface area is 106 Å². The van der Waals surface area contributed by atoms with Crippen LogP contribution in [-0.4, -0.2) is 4.98 Å². The van der Waals surface area contributed by atoms with Crippen LogP contribution in [0, 0.1) is 11.3 Å². The van der Waals surface area contributed by atoms with Crippen molar-refractivity contribution in [3.8, 4) is 17.7 Å². The van der Waals surface area contributed by atoms with Crippen LogP contribution in [-0.2, 0) is 6.18 Å². The normalized spacial score (nSPS) is 10.8. The average molecular weight is 264 g/mol. The summed E-state index contributed by atoms with van der Waals surface area (Å²) in [4.78, 5) is 3.58. The number of hydrogen-bond donors (Lipinski definition) is 0. The summed E-state index contributed by atoms with van der Waals surface area (Å²) >= 11 is 0.